The molecule has 8 N–H and O–H groups in total. The van der Waals surface area contributed by atoms with Gasteiger partial charge in [-0.1, -0.05) is 4.98 Å². The van der Waals surface area contributed by atoms with Gasteiger partial charge in [-0.25, -0.2) is 4.79 Å². The fourth-order valence-electron chi connectivity index (χ4n) is 3.16. The van der Waals surface area contributed by atoms with Crippen LogP contribution in [-0.4, -0.2) is 75.2 Å². The Kier molecular flexibility index (Phi) is 5.51. The Bertz CT molecular complexity index is 676. The van der Waals surface area contributed by atoms with Crippen molar-refractivity contribution in [3.63, 3.8) is 0 Å². The number of aliphatic hydroxyl groups excluding tert-OH is 3. The minimum atomic E-state index is -1.82. The van der Waals surface area contributed by atoms with Crippen LogP contribution in [0.25, 0.3) is 0 Å². The van der Waals surface area contributed by atoms with E-state index in [1.807, 2.05) is 4.90 Å². The van der Waals surface area contributed by atoms with Crippen LogP contribution in [0.3, 0.4) is 0 Å². The van der Waals surface area contributed by atoms with Crippen LogP contribution in [0.4, 0.5) is 17.6 Å². The number of carbonyl (C=O) groups is 1. The van der Waals surface area contributed by atoms with Gasteiger partial charge in [0.1, 0.15) is 18.3 Å². The number of aliphatic carboxylic acids is 1. The number of piperidine rings is 1. The molecule has 0 radical (unpaired) electrons. The number of anilines is 3. The summed E-state index contributed by atoms with van der Waals surface area (Å²) < 4.78 is 5.93. The minimum absolute atomic E-state index is 0.0476. The number of rotatable bonds is 4. The highest BCUT2D eigenvalue weighted by atomic mass is 16.8. The van der Waals surface area contributed by atoms with Gasteiger partial charge in [-0.15, -0.1) is 0 Å². The second kappa shape index (κ2) is 7.68. The van der Waals surface area contributed by atoms with Crippen LogP contribution in [-0.2, 0) is 9.53 Å². The quantitative estimate of drug-likeness (QED) is 0.287. The van der Waals surface area contributed by atoms with E-state index >= 15 is 0 Å². The average Bonchev–Trinajstić information content (AvgIpc) is 2.64. The van der Waals surface area contributed by atoms with Gasteiger partial charge < -0.3 is 46.4 Å². The molecule has 0 spiro atoms. The van der Waals surface area contributed by atoms with E-state index < -0.39 is 36.7 Å². The van der Waals surface area contributed by atoms with Crippen molar-refractivity contribution < 1.29 is 39.5 Å². The maximum atomic E-state index is 11.2. The van der Waals surface area contributed by atoms with E-state index in [-0.39, 0.29) is 11.8 Å². The number of nitrogen functional groups attached to an aromatic ring is 2. The van der Waals surface area contributed by atoms with Crippen molar-refractivity contribution >= 4 is 23.6 Å². The third-order valence-electron chi connectivity index (χ3n) is 4.65. The highest BCUT2D eigenvalue weighted by Crippen LogP contribution is 2.22. The normalized spacial score (nSPS) is 31.5. The van der Waals surface area contributed by atoms with Gasteiger partial charge >= 0.3 is 11.9 Å². The molecule has 12 heteroatoms. The van der Waals surface area contributed by atoms with Gasteiger partial charge in [-0.3, -0.25) is 0 Å². The van der Waals surface area contributed by atoms with Gasteiger partial charge in [0.05, 0.1) is 6.07 Å². The number of nitrogens with zero attached hydrogens (tertiary/aromatic N) is 3. The summed E-state index contributed by atoms with van der Waals surface area (Å²) in [5.74, 6) is -1.04. The second-order valence-electron chi connectivity index (χ2n) is 6.58. The molecule has 0 aliphatic carbocycles. The lowest BCUT2D eigenvalue weighted by Crippen LogP contribution is -2.66. The van der Waals surface area contributed by atoms with E-state index in [0.29, 0.717) is 5.82 Å². The van der Waals surface area contributed by atoms with Crippen molar-refractivity contribution in [1.29, 1.82) is 0 Å². The maximum absolute atomic E-state index is 11.2. The molecular weight excluding hydrogens is 362 g/mol. The molecule has 2 fully saturated rings. The molecule has 0 bridgehead atoms. The SMILES string of the molecule is Nc1cc(N2CCCCC2)nc(N)[n+]1O[C@H]1O[C@H](C(=O)O)[C@@H](O)[C@H](O)[C@H]1O. The summed E-state index contributed by atoms with van der Waals surface area (Å²) in [4.78, 5) is 22.8. The van der Waals surface area contributed by atoms with Crippen molar-refractivity contribution in [2.75, 3.05) is 29.5 Å². The van der Waals surface area contributed by atoms with Gasteiger partial charge in [0.2, 0.25) is 5.82 Å². The number of ether oxygens (including phenoxy) is 1. The van der Waals surface area contributed by atoms with Gasteiger partial charge in [-0.2, -0.15) is 0 Å². The number of nitrogens with two attached hydrogens (primary N) is 2. The Morgan fingerprint density at radius 2 is 1.85 bits per heavy atom. The lowest BCUT2D eigenvalue weighted by atomic mass is 9.99. The topological polar surface area (TPSA) is 188 Å². The van der Waals surface area contributed by atoms with Crippen molar-refractivity contribution in [3.05, 3.63) is 6.07 Å². The van der Waals surface area contributed by atoms with E-state index in [1.165, 1.54) is 6.07 Å². The van der Waals surface area contributed by atoms with E-state index in [0.717, 1.165) is 37.1 Å². The van der Waals surface area contributed by atoms with Crippen molar-refractivity contribution in [2.45, 2.75) is 50.0 Å². The fraction of sp³-hybridized carbons (Fsp3) is 0.667. The molecule has 1 aromatic rings. The summed E-state index contributed by atoms with van der Waals surface area (Å²) in [6, 6.07) is 1.54. The first-order chi connectivity index (χ1) is 12.8. The third kappa shape index (κ3) is 3.83. The molecule has 150 valence electrons. The summed E-state index contributed by atoms with van der Waals surface area (Å²) in [7, 11) is 0. The summed E-state index contributed by atoms with van der Waals surface area (Å²) in [5, 5.41) is 38.7. The van der Waals surface area contributed by atoms with Crippen LogP contribution in [0, 0.1) is 0 Å². The standard InChI is InChI=1S/C15H23N5O7/c16-7-6-8(19-4-2-1-3-5-19)18-15(17)20(7)27-14-11(23)9(21)10(22)12(26-14)13(24)25/h6,9-12,14,21-23H,1-5H2,(H4,16,17,18,24,25)/p+1/t9-,10-,11+,12-,14+/m0/s1. The molecule has 12 nitrogen and oxygen atoms in total. The molecule has 1 aromatic heterocycles. The largest absolute Gasteiger partial charge is 0.479 e. The Hall–Kier alpha value is -2.41. The zero-order chi connectivity index (χ0) is 19.7. The van der Waals surface area contributed by atoms with Crippen molar-refractivity contribution in [2.24, 2.45) is 0 Å². The Labute approximate surface area is 154 Å². The van der Waals surface area contributed by atoms with Crippen molar-refractivity contribution in [3.8, 4) is 0 Å². The van der Waals surface area contributed by atoms with Crippen LogP contribution in [0.1, 0.15) is 19.3 Å². The number of aromatic nitrogens is 2. The zero-order valence-corrected chi connectivity index (χ0v) is 14.5. The predicted molar refractivity (Wildman–Crippen MR) is 90.2 cm³/mol. The molecule has 0 saturated carbocycles. The Morgan fingerprint density at radius 3 is 2.44 bits per heavy atom. The molecule has 0 amide bonds. The summed E-state index contributed by atoms with van der Waals surface area (Å²) in [6.45, 7) is 1.65. The van der Waals surface area contributed by atoms with Crippen LogP contribution >= 0.6 is 0 Å². The first kappa shape index (κ1) is 19.4. The van der Waals surface area contributed by atoms with E-state index in [1.54, 1.807) is 0 Å². The number of carboxylic acid groups (broad SMARTS) is 1. The molecule has 0 unspecified atom stereocenters. The lowest BCUT2D eigenvalue weighted by molar-refractivity contribution is -0.889. The zero-order valence-electron chi connectivity index (χ0n) is 14.5. The third-order valence-corrected chi connectivity index (χ3v) is 4.65. The van der Waals surface area contributed by atoms with Crippen molar-refractivity contribution in [1.82, 2.24) is 4.98 Å². The van der Waals surface area contributed by atoms with E-state index in [9.17, 15) is 20.1 Å². The minimum Gasteiger partial charge on any atom is -0.479 e. The van der Waals surface area contributed by atoms with Gasteiger partial charge in [0.15, 0.2) is 11.9 Å². The number of carboxylic acids is 1. The smallest absolute Gasteiger partial charge is 0.383 e. The number of aliphatic hydroxyl groups is 3. The molecule has 5 atom stereocenters. The molecule has 3 heterocycles. The highest BCUT2D eigenvalue weighted by molar-refractivity contribution is 5.73. The molecular formula is C15H24N5O7+. The van der Waals surface area contributed by atoms with Crippen LogP contribution < -0.4 is 25.9 Å². The summed E-state index contributed by atoms with van der Waals surface area (Å²) in [6.07, 6.45) is -5.57. The Balaban J connectivity index is 1.81. The first-order valence-corrected chi connectivity index (χ1v) is 8.62. The van der Waals surface area contributed by atoms with Gasteiger partial charge in [0, 0.05) is 13.1 Å². The maximum Gasteiger partial charge on any atom is 0.383 e. The summed E-state index contributed by atoms with van der Waals surface area (Å²) >= 11 is 0. The summed E-state index contributed by atoms with van der Waals surface area (Å²) in [5.41, 5.74) is 11.9. The molecule has 0 aromatic carbocycles. The number of hydrogen-bond acceptors (Lipinski definition) is 10. The van der Waals surface area contributed by atoms with Gasteiger partial charge in [-0.05, 0) is 24.0 Å². The lowest BCUT2D eigenvalue weighted by Gasteiger charge is -2.37. The monoisotopic (exact) mass is 386 g/mol. The average molecular weight is 386 g/mol. The molecule has 2 aliphatic heterocycles. The second-order valence-corrected chi connectivity index (χ2v) is 6.58. The molecule has 27 heavy (non-hydrogen) atoms. The number of hydrogen-bond donors (Lipinski definition) is 6. The fourth-order valence-corrected chi connectivity index (χ4v) is 3.16. The first-order valence-electron chi connectivity index (χ1n) is 8.62. The molecule has 3 rings (SSSR count). The molecule has 2 aliphatic rings. The van der Waals surface area contributed by atoms with Crippen LogP contribution in [0.15, 0.2) is 6.07 Å². The Morgan fingerprint density at radius 1 is 1.19 bits per heavy atom. The highest BCUT2D eigenvalue weighted by Gasteiger charge is 2.49. The van der Waals surface area contributed by atoms with Crippen LogP contribution in [0.2, 0.25) is 0 Å². The predicted octanol–water partition coefficient (Wildman–Crippen LogP) is -3.16. The van der Waals surface area contributed by atoms with E-state index in [2.05, 4.69) is 4.98 Å². The van der Waals surface area contributed by atoms with Gasteiger partial charge in [0.25, 0.3) is 6.29 Å². The van der Waals surface area contributed by atoms with Crippen LogP contribution in [0.5, 0.6) is 0 Å². The van der Waals surface area contributed by atoms with E-state index in [4.69, 9.17) is 26.1 Å². The molecule has 2 saturated heterocycles.